The zero-order valence-electron chi connectivity index (χ0n) is 15.0. The van der Waals surface area contributed by atoms with E-state index in [1.807, 2.05) is 0 Å². The van der Waals surface area contributed by atoms with Gasteiger partial charge in [-0.3, -0.25) is 4.79 Å². The largest absolute Gasteiger partial charge is 0.335 e. The zero-order chi connectivity index (χ0) is 19.6. The molecule has 0 saturated carbocycles. The molecule has 0 spiro atoms. The summed E-state index contributed by atoms with van der Waals surface area (Å²) >= 11 is 12.0. The molecule has 2 saturated heterocycles. The van der Waals surface area contributed by atoms with Crippen LogP contribution in [-0.2, 0) is 21.4 Å². The summed E-state index contributed by atoms with van der Waals surface area (Å²) < 4.78 is 24.8. The van der Waals surface area contributed by atoms with Crippen LogP contribution in [0.25, 0.3) is 0 Å². The van der Waals surface area contributed by atoms with Crippen LogP contribution in [0.3, 0.4) is 0 Å². The molecule has 7 nitrogen and oxygen atoms in total. The van der Waals surface area contributed by atoms with Gasteiger partial charge in [-0.15, -0.1) is 0 Å². The zero-order valence-corrected chi connectivity index (χ0v) is 17.3. The van der Waals surface area contributed by atoms with Crippen molar-refractivity contribution in [2.45, 2.75) is 25.3 Å². The Balaban J connectivity index is 1.73. The topological polar surface area (TPSA) is 87.0 Å². The number of piperazine rings is 1. The summed E-state index contributed by atoms with van der Waals surface area (Å²) in [7, 11) is -3.77. The standard InChI is InChI=1S/C17H24Cl2N4O3S/c18-15-4-3-13(9-16(15)19)10-17(24)23-8-7-22(27(20,25)26)12-14(23)11-21-5-1-2-6-21/h3-4,9,14H,1-2,5-8,10-12H2,(H2,20,25,26)/t14-/m0/s1. The number of halogens is 2. The van der Waals surface area contributed by atoms with Crippen molar-refractivity contribution in [1.29, 1.82) is 0 Å². The molecular weight excluding hydrogens is 411 g/mol. The lowest BCUT2D eigenvalue weighted by Crippen LogP contribution is -2.60. The number of benzene rings is 1. The molecule has 0 unspecified atom stereocenters. The third-order valence-electron chi connectivity index (χ3n) is 5.13. The van der Waals surface area contributed by atoms with Gasteiger partial charge in [0, 0.05) is 26.2 Å². The number of nitrogens with zero attached hydrogens (tertiary/aromatic N) is 3. The molecule has 0 aliphatic carbocycles. The van der Waals surface area contributed by atoms with Crippen molar-refractivity contribution in [3.63, 3.8) is 0 Å². The molecule has 3 rings (SSSR count). The number of rotatable bonds is 5. The molecule has 27 heavy (non-hydrogen) atoms. The molecule has 0 radical (unpaired) electrons. The SMILES string of the molecule is NS(=O)(=O)N1CCN(C(=O)Cc2ccc(Cl)c(Cl)c2)[C@@H](CN2CCCC2)C1. The first kappa shape index (κ1) is 20.8. The predicted octanol–water partition coefficient (Wildman–Crippen LogP) is 1.35. The van der Waals surface area contributed by atoms with Crippen LogP contribution in [0, 0.1) is 0 Å². The highest BCUT2D eigenvalue weighted by Gasteiger charge is 2.35. The summed E-state index contributed by atoms with van der Waals surface area (Å²) in [5.74, 6) is -0.0494. The van der Waals surface area contributed by atoms with Crippen LogP contribution in [0.1, 0.15) is 18.4 Å². The van der Waals surface area contributed by atoms with E-state index in [1.165, 1.54) is 4.31 Å². The van der Waals surface area contributed by atoms with E-state index in [1.54, 1.807) is 23.1 Å². The van der Waals surface area contributed by atoms with Gasteiger partial charge in [-0.25, -0.2) is 5.14 Å². The average molecular weight is 435 g/mol. The molecule has 1 atom stereocenters. The van der Waals surface area contributed by atoms with E-state index >= 15 is 0 Å². The first-order valence-corrected chi connectivity index (χ1v) is 11.2. The molecule has 1 aromatic carbocycles. The van der Waals surface area contributed by atoms with E-state index in [0.29, 0.717) is 23.1 Å². The van der Waals surface area contributed by atoms with Gasteiger partial charge in [0.25, 0.3) is 10.2 Å². The molecule has 2 N–H and O–H groups in total. The smallest absolute Gasteiger partial charge is 0.277 e. The fourth-order valence-corrected chi connectivity index (χ4v) is 4.77. The Morgan fingerprint density at radius 3 is 2.44 bits per heavy atom. The quantitative estimate of drug-likeness (QED) is 0.757. The van der Waals surface area contributed by atoms with E-state index in [2.05, 4.69) is 4.90 Å². The summed E-state index contributed by atoms with van der Waals surface area (Å²) in [4.78, 5) is 17.0. The molecular formula is C17H24Cl2N4O3S. The summed E-state index contributed by atoms with van der Waals surface area (Å²) in [5, 5.41) is 6.17. The maximum Gasteiger partial charge on any atom is 0.277 e. The lowest BCUT2D eigenvalue weighted by Gasteiger charge is -2.41. The van der Waals surface area contributed by atoms with Crippen molar-refractivity contribution in [2.75, 3.05) is 39.3 Å². The first-order chi connectivity index (χ1) is 12.7. The highest BCUT2D eigenvalue weighted by Crippen LogP contribution is 2.24. The number of carbonyl (C=O) groups excluding carboxylic acids is 1. The third kappa shape index (κ3) is 5.34. The van der Waals surface area contributed by atoms with Crippen LogP contribution in [0.4, 0.5) is 0 Å². The average Bonchev–Trinajstić information content (AvgIpc) is 3.10. The Bertz CT molecular complexity index is 799. The summed E-state index contributed by atoms with van der Waals surface area (Å²) in [5.41, 5.74) is 0.781. The molecule has 1 aromatic rings. The minimum atomic E-state index is -3.77. The number of hydrogen-bond acceptors (Lipinski definition) is 4. The van der Waals surface area contributed by atoms with Gasteiger partial charge in [-0.05, 0) is 43.6 Å². The van der Waals surface area contributed by atoms with Crippen molar-refractivity contribution < 1.29 is 13.2 Å². The van der Waals surface area contributed by atoms with Crippen LogP contribution in [0.15, 0.2) is 18.2 Å². The second-order valence-corrected chi connectivity index (χ2v) is 9.44. The minimum Gasteiger partial charge on any atom is -0.335 e. The molecule has 2 aliphatic heterocycles. The van der Waals surface area contributed by atoms with Crippen molar-refractivity contribution in [3.05, 3.63) is 33.8 Å². The van der Waals surface area contributed by atoms with Gasteiger partial charge in [-0.1, -0.05) is 29.3 Å². The molecule has 0 bridgehead atoms. The van der Waals surface area contributed by atoms with Crippen LogP contribution in [0.5, 0.6) is 0 Å². The van der Waals surface area contributed by atoms with E-state index in [-0.39, 0.29) is 31.5 Å². The summed E-state index contributed by atoms with van der Waals surface area (Å²) in [6.45, 7) is 3.36. The van der Waals surface area contributed by atoms with Gasteiger partial charge in [-0.2, -0.15) is 12.7 Å². The van der Waals surface area contributed by atoms with Crippen molar-refractivity contribution in [1.82, 2.24) is 14.1 Å². The van der Waals surface area contributed by atoms with Crippen LogP contribution >= 0.6 is 23.2 Å². The van der Waals surface area contributed by atoms with Gasteiger partial charge in [0.2, 0.25) is 5.91 Å². The maximum atomic E-state index is 12.9. The van der Waals surface area contributed by atoms with Crippen LogP contribution < -0.4 is 5.14 Å². The van der Waals surface area contributed by atoms with Gasteiger partial charge in [0.05, 0.1) is 22.5 Å². The third-order valence-corrected chi connectivity index (χ3v) is 6.92. The van der Waals surface area contributed by atoms with Gasteiger partial charge < -0.3 is 9.80 Å². The normalized spacial score (nSPS) is 22.3. The molecule has 2 heterocycles. The maximum absolute atomic E-state index is 12.9. The van der Waals surface area contributed by atoms with Gasteiger partial charge in [0.15, 0.2) is 0 Å². The second-order valence-electron chi connectivity index (χ2n) is 7.08. The number of nitrogens with two attached hydrogens (primary N) is 1. The molecule has 2 fully saturated rings. The Labute approximate surface area is 170 Å². The van der Waals surface area contributed by atoms with Crippen LogP contribution in [-0.4, -0.2) is 73.7 Å². The fourth-order valence-electron chi connectivity index (χ4n) is 3.73. The predicted molar refractivity (Wildman–Crippen MR) is 106 cm³/mol. The van der Waals surface area contributed by atoms with Gasteiger partial charge in [0.1, 0.15) is 0 Å². The van der Waals surface area contributed by atoms with Crippen molar-refractivity contribution in [2.24, 2.45) is 5.14 Å². The molecule has 2 aliphatic rings. The van der Waals surface area contributed by atoms with Crippen molar-refractivity contribution in [3.8, 4) is 0 Å². The summed E-state index contributed by atoms with van der Waals surface area (Å²) in [6, 6.07) is 4.93. The van der Waals surface area contributed by atoms with E-state index in [0.717, 1.165) is 31.5 Å². The fraction of sp³-hybridized carbons (Fsp3) is 0.588. The molecule has 1 amide bonds. The lowest BCUT2D eigenvalue weighted by atomic mass is 10.1. The van der Waals surface area contributed by atoms with Crippen LogP contribution in [0.2, 0.25) is 10.0 Å². The Morgan fingerprint density at radius 1 is 1.11 bits per heavy atom. The Kier molecular flexibility index (Phi) is 6.66. The molecule has 10 heteroatoms. The van der Waals surface area contributed by atoms with Gasteiger partial charge >= 0.3 is 0 Å². The number of likely N-dealkylation sites (tertiary alicyclic amines) is 1. The number of amides is 1. The highest BCUT2D eigenvalue weighted by molar-refractivity contribution is 7.86. The minimum absolute atomic E-state index is 0.0494. The van der Waals surface area contributed by atoms with E-state index < -0.39 is 10.2 Å². The molecule has 150 valence electrons. The summed E-state index contributed by atoms with van der Waals surface area (Å²) in [6.07, 6.45) is 2.45. The Morgan fingerprint density at radius 2 is 1.81 bits per heavy atom. The first-order valence-electron chi connectivity index (χ1n) is 8.97. The monoisotopic (exact) mass is 434 g/mol. The lowest BCUT2D eigenvalue weighted by molar-refractivity contribution is -0.135. The second kappa shape index (κ2) is 8.63. The van der Waals surface area contributed by atoms with E-state index in [9.17, 15) is 13.2 Å². The Hall–Kier alpha value is -0.900. The number of hydrogen-bond donors (Lipinski definition) is 1. The highest BCUT2D eigenvalue weighted by atomic mass is 35.5. The van der Waals surface area contributed by atoms with E-state index in [4.69, 9.17) is 28.3 Å². The number of carbonyl (C=O) groups is 1. The molecule has 0 aromatic heterocycles. The van der Waals surface area contributed by atoms with Crippen molar-refractivity contribution >= 4 is 39.3 Å².